The van der Waals surface area contributed by atoms with Crippen LogP contribution in [0.4, 0.5) is 0 Å². The van der Waals surface area contributed by atoms with Crippen LogP contribution < -0.4 is 5.46 Å². The van der Waals surface area contributed by atoms with Crippen LogP contribution in [0.2, 0.25) is 0 Å². The van der Waals surface area contributed by atoms with E-state index in [2.05, 4.69) is 0 Å². The lowest BCUT2D eigenvalue weighted by Gasteiger charge is -2.13. The molecule has 0 saturated heterocycles. The zero-order valence-corrected chi connectivity index (χ0v) is 10.5. The molecule has 2 rings (SSSR count). The van der Waals surface area contributed by atoms with Gasteiger partial charge in [-0.1, -0.05) is 42.5 Å². The molecule has 0 heterocycles. The number of hydrogen-bond donors (Lipinski definition) is 2. The average molecular weight is 260 g/mol. The van der Waals surface area contributed by atoms with Crippen LogP contribution in [0.3, 0.4) is 0 Å². The van der Waals surface area contributed by atoms with Crippen LogP contribution in [0, 0.1) is 0 Å². The Kier molecular flexibility index (Phi) is 4.44. The lowest BCUT2D eigenvalue weighted by molar-refractivity contribution is 0.425. The molecule has 0 aromatic heterocycles. The Labute approximate surface area is 109 Å². The van der Waals surface area contributed by atoms with Crippen LogP contribution in [-0.4, -0.2) is 21.7 Å². The van der Waals surface area contributed by atoms with Gasteiger partial charge in [0.15, 0.2) is 4.90 Å². The van der Waals surface area contributed by atoms with Crippen molar-refractivity contribution < 1.29 is 14.6 Å². The van der Waals surface area contributed by atoms with Gasteiger partial charge in [-0.25, -0.2) is 0 Å². The standard InChI is InChI=1S/C13H13BO3S/c15-14(16)13-9-5-4-6-11(13)10-18(17)12-7-2-1-3-8-12/h1-9,15-16H,10H2. The van der Waals surface area contributed by atoms with Gasteiger partial charge in [0.05, 0.1) is 0 Å². The summed E-state index contributed by atoms with van der Waals surface area (Å²) in [6, 6.07) is 16.0. The molecule has 18 heavy (non-hydrogen) atoms. The highest BCUT2D eigenvalue weighted by molar-refractivity contribution is 7.90. The van der Waals surface area contributed by atoms with Gasteiger partial charge in [-0.05, 0) is 28.8 Å². The molecule has 0 radical (unpaired) electrons. The summed E-state index contributed by atoms with van der Waals surface area (Å²) >= 11 is -1.18. The van der Waals surface area contributed by atoms with Crippen molar-refractivity contribution in [3.8, 4) is 0 Å². The third-order valence-corrected chi connectivity index (χ3v) is 4.00. The molecule has 1 atom stereocenters. The predicted octanol–water partition coefficient (Wildman–Crippen LogP) is 0.674. The molecule has 0 aliphatic rings. The second kappa shape index (κ2) is 6.06. The first-order chi connectivity index (χ1) is 8.68. The minimum Gasteiger partial charge on any atom is -0.611 e. The molecular weight excluding hydrogens is 247 g/mol. The molecule has 92 valence electrons. The van der Waals surface area contributed by atoms with Crippen LogP contribution in [0.25, 0.3) is 0 Å². The van der Waals surface area contributed by atoms with Crippen molar-refractivity contribution >= 4 is 23.8 Å². The fourth-order valence-electron chi connectivity index (χ4n) is 1.71. The first-order valence-electron chi connectivity index (χ1n) is 5.56. The highest BCUT2D eigenvalue weighted by Crippen LogP contribution is 2.15. The molecule has 0 bridgehead atoms. The third-order valence-electron chi connectivity index (χ3n) is 2.63. The molecule has 2 N–H and O–H groups in total. The van der Waals surface area contributed by atoms with Crippen molar-refractivity contribution in [2.75, 3.05) is 0 Å². The Bertz CT molecular complexity index is 505. The summed E-state index contributed by atoms with van der Waals surface area (Å²) in [6.07, 6.45) is 0. The van der Waals surface area contributed by atoms with E-state index < -0.39 is 18.3 Å². The second-order valence-corrected chi connectivity index (χ2v) is 5.33. The molecule has 0 amide bonds. The fourth-order valence-corrected chi connectivity index (χ4v) is 2.89. The van der Waals surface area contributed by atoms with Gasteiger partial charge in [0.25, 0.3) is 0 Å². The van der Waals surface area contributed by atoms with Crippen molar-refractivity contribution in [1.29, 1.82) is 0 Å². The van der Waals surface area contributed by atoms with Crippen molar-refractivity contribution in [3.63, 3.8) is 0 Å². The topological polar surface area (TPSA) is 63.5 Å². The molecule has 5 heteroatoms. The normalized spacial score (nSPS) is 12.2. The van der Waals surface area contributed by atoms with E-state index in [0.29, 0.717) is 11.0 Å². The van der Waals surface area contributed by atoms with Gasteiger partial charge in [0, 0.05) is 5.56 Å². The molecule has 1 unspecified atom stereocenters. The Balaban J connectivity index is 2.19. The van der Waals surface area contributed by atoms with Crippen molar-refractivity contribution in [2.45, 2.75) is 10.6 Å². The van der Waals surface area contributed by atoms with Crippen LogP contribution in [-0.2, 0) is 16.9 Å². The summed E-state index contributed by atoms with van der Waals surface area (Å²) < 4.78 is 12.1. The van der Waals surface area contributed by atoms with E-state index in [0.717, 1.165) is 4.90 Å². The van der Waals surface area contributed by atoms with Gasteiger partial charge in [0.1, 0.15) is 5.75 Å². The summed E-state index contributed by atoms with van der Waals surface area (Å²) in [5.41, 5.74) is 1.09. The Hall–Kier alpha value is -1.27. The van der Waals surface area contributed by atoms with E-state index in [-0.39, 0.29) is 5.75 Å². The fraction of sp³-hybridized carbons (Fsp3) is 0.0769. The van der Waals surface area contributed by atoms with E-state index in [1.54, 1.807) is 36.4 Å². The highest BCUT2D eigenvalue weighted by Gasteiger charge is 2.19. The van der Waals surface area contributed by atoms with Gasteiger partial charge in [-0.3, -0.25) is 0 Å². The van der Waals surface area contributed by atoms with Crippen LogP contribution in [0.15, 0.2) is 59.5 Å². The third kappa shape index (κ3) is 3.14. The van der Waals surface area contributed by atoms with E-state index in [1.165, 1.54) is 0 Å². The number of hydrogen-bond acceptors (Lipinski definition) is 3. The van der Waals surface area contributed by atoms with Gasteiger partial charge in [-0.15, -0.1) is 0 Å². The quantitative estimate of drug-likeness (QED) is 0.627. The van der Waals surface area contributed by atoms with E-state index in [1.807, 2.05) is 18.2 Å². The lowest BCUT2D eigenvalue weighted by atomic mass is 9.77. The largest absolute Gasteiger partial charge is 0.611 e. The van der Waals surface area contributed by atoms with Gasteiger partial charge in [-0.2, -0.15) is 0 Å². The Morgan fingerprint density at radius 3 is 2.22 bits per heavy atom. The van der Waals surface area contributed by atoms with E-state index >= 15 is 0 Å². The zero-order valence-electron chi connectivity index (χ0n) is 9.69. The molecule has 0 fully saturated rings. The molecule has 2 aromatic carbocycles. The first kappa shape index (κ1) is 13.2. The van der Waals surface area contributed by atoms with Crippen molar-refractivity contribution in [2.24, 2.45) is 0 Å². The Morgan fingerprint density at radius 1 is 0.944 bits per heavy atom. The zero-order chi connectivity index (χ0) is 13.0. The summed E-state index contributed by atoms with van der Waals surface area (Å²) in [5.74, 6) is 0.276. The second-order valence-electron chi connectivity index (χ2n) is 3.88. The smallest absolute Gasteiger partial charge is 0.488 e. The first-order valence-corrected chi connectivity index (χ1v) is 6.88. The molecule has 0 aliphatic carbocycles. The van der Waals surface area contributed by atoms with E-state index in [9.17, 15) is 14.6 Å². The molecule has 0 saturated carbocycles. The maximum Gasteiger partial charge on any atom is 0.488 e. The summed E-state index contributed by atoms with van der Waals surface area (Å²) in [7, 11) is -1.53. The average Bonchev–Trinajstić information content (AvgIpc) is 2.40. The van der Waals surface area contributed by atoms with Crippen LogP contribution in [0.1, 0.15) is 5.56 Å². The van der Waals surface area contributed by atoms with E-state index in [4.69, 9.17) is 0 Å². The van der Waals surface area contributed by atoms with Gasteiger partial charge in [0.2, 0.25) is 0 Å². The SMILES string of the molecule is [O-][S+](Cc1ccccc1B(O)O)c1ccccc1. The van der Waals surface area contributed by atoms with Crippen LogP contribution in [0.5, 0.6) is 0 Å². The number of benzene rings is 2. The molecule has 0 aliphatic heterocycles. The summed E-state index contributed by atoms with van der Waals surface area (Å²) in [5, 5.41) is 18.5. The van der Waals surface area contributed by atoms with Crippen molar-refractivity contribution in [1.82, 2.24) is 0 Å². The maximum absolute atomic E-state index is 12.1. The minimum absolute atomic E-state index is 0.276. The van der Waals surface area contributed by atoms with Gasteiger partial charge < -0.3 is 14.6 Å². The summed E-state index contributed by atoms with van der Waals surface area (Å²) in [6.45, 7) is 0. The predicted molar refractivity (Wildman–Crippen MR) is 72.8 cm³/mol. The lowest BCUT2D eigenvalue weighted by Crippen LogP contribution is -2.33. The van der Waals surface area contributed by atoms with Gasteiger partial charge >= 0.3 is 7.12 Å². The molecular formula is C13H13BO3S. The highest BCUT2D eigenvalue weighted by atomic mass is 32.2. The minimum atomic E-state index is -1.53. The molecule has 3 nitrogen and oxygen atoms in total. The maximum atomic E-state index is 12.1. The van der Waals surface area contributed by atoms with Crippen molar-refractivity contribution in [3.05, 3.63) is 60.2 Å². The van der Waals surface area contributed by atoms with Crippen LogP contribution >= 0.6 is 0 Å². The monoisotopic (exact) mass is 260 g/mol. The Morgan fingerprint density at radius 2 is 1.56 bits per heavy atom. The summed E-state index contributed by atoms with van der Waals surface area (Å²) in [4.78, 5) is 0.736. The number of rotatable bonds is 4. The molecule has 2 aromatic rings. The molecule has 0 spiro atoms.